The number of sulfonamides is 1. The number of hydrogen-bond acceptors (Lipinski definition) is 4. The van der Waals surface area contributed by atoms with Crippen molar-refractivity contribution in [2.24, 2.45) is 0 Å². The van der Waals surface area contributed by atoms with E-state index in [1.54, 1.807) is 22.6 Å². The maximum atomic E-state index is 12.9. The van der Waals surface area contributed by atoms with E-state index in [4.69, 9.17) is 0 Å². The second-order valence-electron chi connectivity index (χ2n) is 5.79. The third-order valence-electron chi connectivity index (χ3n) is 4.09. The molecule has 24 heavy (non-hydrogen) atoms. The molecule has 1 saturated heterocycles. The van der Waals surface area contributed by atoms with Crippen molar-refractivity contribution in [1.82, 2.24) is 9.29 Å². The molecular formula is C17H20BrN3O2S. The summed E-state index contributed by atoms with van der Waals surface area (Å²) in [6, 6.07) is 10.9. The van der Waals surface area contributed by atoms with Crippen LogP contribution in [0.5, 0.6) is 0 Å². The molecule has 0 spiro atoms. The monoisotopic (exact) mass is 409 g/mol. The second kappa shape index (κ2) is 7.63. The van der Waals surface area contributed by atoms with Gasteiger partial charge in [-0.05, 0) is 52.5 Å². The highest BCUT2D eigenvalue weighted by Crippen LogP contribution is 2.24. The van der Waals surface area contributed by atoms with Gasteiger partial charge in [0.2, 0.25) is 10.0 Å². The van der Waals surface area contributed by atoms with E-state index in [-0.39, 0.29) is 0 Å². The molecule has 0 atom stereocenters. The minimum Gasteiger partial charge on any atom is -0.366 e. The summed E-state index contributed by atoms with van der Waals surface area (Å²) >= 11 is 3.35. The first kappa shape index (κ1) is 17.4. The zero-order chi connectivity index (χ0) is 17.0. The minimum absolute atomic E-state index is 0.386. The van der Waals surface area contributed by atoms with Crippen LogP contribution in [0.4, 0.5) is 5.82 Å². The van der Waals surface area contributed by atoms with E-state index in [1.807, 2.05) is 24.3 Å². The Morgan fingerprint density at radius 3 is 2.54 bits per heavy atom. The first-order chi connectivity index (χ1) is 11.6. The molecule has 128 valence electrons. The summed E-state index contributed by atoms with van der Waals surface area (Å²) in [5.74, 6) is 0.711. The number of piperidine rings is 1. The van der Waals surface area contributed by atoms with Crippen molar-refractivity contribution in [2.45, 2.75) is 30.7 Å². The highest BCUT2D eigenvalue weighted by atomic mass is 79.9. The molecule has 7 heteroatoms. The lowest BCUT2D eigenvalue weighted by atomic mass is 10.2. The van der Waals surface area contributed by atoms with Gasteiger partial charge >= 0.3 is 0 Å². The topological polar surface area (TPSA) is 62.3 Å². The van der Waals surface area contributed by atoms with Gasteiger partial charge < -0.3 is 5.32 Å². The molecule has 5 nitrogen and oxygen atoms in total. The van der Waals surface area contributed by atoms with Crippen LogP contribution in [0.15, 0.2) is 52.0 Å². The van der Waals surface area contributed by atoms with Gasteiger partial charge in [0, 0.05) is 30.3 Å². The largest absolute Gasteiger partial charge is 0.366 e. The Bertz CT molecular complexity index is 788. The fourth-order valence-electron chi connectivity index (χ4n) is 2.81. The standard InChI is InChI=1S/C17H20BrN3O2S/c18-15-8-9-17(20-13-15)19-12-14-6-2-3-7-16(14)24(22,23)21-10-4-1-5-11-21/h2-3,6-9,13H,1,4-5,10-12H2,(H,19,20). The summed E-state index contributed by atoms with van der Waals surface area (Å²) in [5, 5.41) is 3.19. The molecule has 0 aliphatic carbocycles. The summed E-state index contributed by atoms with van der Waals surface area (Å²) in [4.78, 5) is 4.64. The van der Waals surface area contributed by atoms with Crippen LogP contribution in [0.25, 0.3) is 0 Å². The smallest absolute Gasteiger partial charge is 0.243 e. The van der Waals surface area contributed by atoms with Gasteiger partial charge in [-0.25, -0.2) is 13.4 Å². The van der Waals surface area contributed by atoms with Crippen LogP contribution in [-0.4, -0.2) is 30.8 Å². The number of anilines is 1. The SMILES string of the molecule is O=S(=O)(c1ccccc1CNc1ccc(Br)cn1)N1CCCCC1. The molecular weight excluding hydrogens is 390 g/mol. The van der Waals surface area contributed by atoms with Crippen LogP contribution in [0, 0.1) is 0 Å². The first-order valence-corrected chi connectivity index (χ1v) is 10.2. The second-order valence-corrected chi connectivity index (χ2v) is 8.61. The average molecular weight is 410 g/mol. The fourth-order valence-corrected chi connectivity index (χ4v) is 4.79. The third kappa shape index (κ3) is 3.96. The Hall–Kier alpha value is -1.44. The van der Waals surface area contributed by atoms with Gasteiger partial charge in [0.25, 0.3) is 0 Å². The van der Waals surface area contributed by atoms with Crippen molar-refractivity contribution in [3.05, 3.63) is 52.6 Å². The van der Waals surface area contributed by atoms with E-state index in [2.05, 4.69) is 26.2 Å². The molecule has 1 fully saturated rings. The van der Waals surface area contributed by atoms with Crippen molar-refractivity contribution in [3.8, 4) is 0 Å². The summed E-state index contributed by atoms with van der Waals surface area (Å²) in [7, 11) is -3.44. The molecule has 1 aliphatic heterocycles. The molecule has 3 rings (SSSR count). The van der Waals surface area contributed by atoms with E-state index < -0.39 is 10.0 Å². The van der Waals surface area contributed by atoms with Crippen LogP contribution in [-0.2, 0) is 16.6 Å². The Kier molecular flexibility index (Phi) is 5.53. The average Bonchev–Trinajstić information content (AvgIpc) is 2.62. The minimum atomic E-state index is -3.44. The van der Waals surface area contributed by atoms with Crippen LogP contribution in [0.1, 0.15) is 24.8 Å². The third-order valence-corrected chi connectivity index (χ3v) is 6.56. The normalized spacial score (nSPS) is 16.0. The maximum Gasteiger partial charge on any atom is 0.243 e. The summed E-state index contributed by atoms with van der Waals surface area (Å²) in [6.45, 7) is 1.63. The lowest BCUT2D eigenvalue weighted by Crippen LogP contribution is -2.36. The lowest BCUT2D eigenvalue weighted by molar-refractivity contribution is 0.346. The molecule has 1 aliphatic rings. The first-order valence-electron chi connectivity index (χ1n) is 8.01. The van der Waals surface area contributed by atoms with Gasteiger partial charge in [0.05, 0.1) is 4.90 Å². The summed E-state index contributed by atoms with van der Waals surface area (Å²) in [6.07, 6.45) is 4.67. The van der Waals surface area contributed by atoms with Crippen LogP contribution >= 0.6 is 15.9 Å². The predicted octanol–water partition coefficient (Wildman–Crippen LogP) is 3.63. The zero-order valence-electron chi connectivity index (χ0n) is 13.3. The molecule has 0 bridgehead atoms. The van der Waals surface area contributed by atoms with E-state index >= 15 is 0 Å². The number of hydrogen-bond donors (Lipinski definition) is 1. The van der Waals surface area contributed by atoms with Gasteiger partial charge in [-0.2, -0.15) is 4.31 Å². The number of nitrogens with one attached hydrogen (secondary N) is 1. The number of rotatable bonds is 5. The Labute approximate surface area is 151 Å². The number of benzene rings is 1. The van der Waals surface area contributed by atoms with Crippen LogP contribution in [0.3, 0.4) is 0 Å². The molecule has 0 saturated carbocycles. The van der Waals surface area contributed by atoms with Crippen molar-refractivity contribution in [1.29, 1.82) is 0 Å². The quantitative estimate of drug-likeness (QED) is 0.818. The number of halogens is 1. The number of aromatic nitrogens is 1. The van der Waals surface area contributed by atoms with Crippen molar-refractivity contribution >= 4 is 31.8 Å². The van der Waals surface area contributed by atoms with E-state index in [9.17, 15) is 8.42 Å². The van der Waals surface area contributed by atoms with Crippen molar-refractivity contribution < 1.29 is 8.42 Å². The Balaban J connectivity index is 1.80. The number of pyridine rings is 1. The molecule has 0 amide bonds. The lowest BCUT2D eigenvalue weighted by Gasteiger charge is -2.26. The highest BCUT2D eigenvalue weighted by molar-refractivity contribution is 9.10. The van der Waals surface area contributed by atoms with E-state index in [0.29, 0.717) is 30.3 Å². The molecule has 1 aromatic carbocycles. The van der Waals surface area contributed by atoms with Crippen LogP contribution in [0.2, 0.25) is 0 Å². The van der Waals surface area contributed by atoms with E-state index in [0.717, 1.165) is 29.3 Å². The van der Waals surface area contributed by atoms with Crippen molar-refractivity contribution in [2.75, 3.05) is 18.4 Å². The molecule has 1 N–H and O–H groups in total. The predicted molar refractivity (Wildman–Crippen MR) is 98.3 cm³/mol. The molecule has 2 aromatic rings. The summed E-state index contributed by atoms with van der Waals surface area (Å²) < 4.78 is 28.4. The molecule has 0 radical (unpaired) electrons. The van der Waals surface area contributed by atoms with Gasteiger partial charge in [-0.3, -0.25) is 0 Å². The van der Waals surface area contributed by atoms with Crippen LogP contribution < -0.4 is 5.32 Å². The van der Waals surface area contributed by atoms with Gasteiger partial charge in [-0.1, -0.05) is 24.6 Å². The van der Waals surface area contributed by atoms with Gasteiger partial charge in [-0.15, -0.1) is 0 Å². The highest BCUT2D eigenvalue weighted by Gasteiger charge is 2.27. The number of nitrogens with zero attached hydrogens (tertiary/aromatic N) is 2. The zero-order valence-corrected chi connectivity index (χ0v) is 15.7. The maximum absolute atomic E-state index is 12.9. The van der Waals surface area contributed by atoms with E-state index in [1.165, 1.54) is 0 Å². The summed E-state index contributed by atoms with van der Waals surface area (Å²) in [5.41, 5.74) is 0.757. The molecule has 0 unspecified atom stereocenters. The van der Waals surface area contributed by atoms with Gasteiger partial charge in [0.1, 0.15) is 5.82 Å². The van der Waals surface area contributed by atoms with Gasteiger partial charge in [0.15, 0.2) is 0 Å². The Morgan fingerprint density at radius 2 is 1.83 bits per heavy atom. The molecule has 1 aromatic heterocycles. The van der Waals surface area contributed by atoms with Crippen molar-refractivity contribution in [3.63, 3.8) is 0 Å². The molecule has 2 heterocycles. The Morgan fingerprint density at radius 1 is 1.08 bits per heavy atom. The fraction of sp³-hybridized carbons (Fsp3) is 0.353.